The molecule has 1 N–H and O–H groups in total. The van der Waals surface area contributed by atoms with Gasteiger partial charge in [-0.2, -0.15) is 0 Å². The average Bonchev–Trinajstić information content (AvgIpc) is 2.53. The number of piperazine rings is 1. The molecule has 6 heteroatoms. The highest BCUT2D eigenvalue weighted by Gasteiger charge is 2.41. The Hall–Kier alpha value is -1.14. The van der Waals surface area contributed by atoms with E-state index in [1.807, 2.05) is 16.8 Å². The smallest absolute Gasteiger partial charge is 0.225 e. The zero-order valence-corrected chi connectivity index (χ0v) is 15.0. The van der Waals surface area contributed by atoms with Crippen LogP contribution in [0.1, 0.15) is 45.4 Å². The van der Waals surface area contributed by atoms with Gasteiger partial charge in [-0.3, -0.25) is 14.5 Å². The van der Waals surface area contributed by atoms with Crippen molar-refractivity contribution in [2.45, 2.75) is 63.6 Å². The van der Waals surface area contributed by atoms with Crippen molar-refractivity contribution >= 4 is 11.8 Å². The predicted octanol–water partition coefficient (Wildman–Crippen LogP) is 0.691. The van der Waals surface area contributed by atoms with Crippen molar-refractivity contribution in [2.24, 2.45) is 5.92 Å². The summed E-state index contributed by atoms with van der Waals surface area (Å²) in [5, 5.41) is 10.9. The molecule has 0 aromatic heterocycles. The number of nitrogens with zero attached hydrogens (tertiary/aromatic N) is 3. The van der Waals surface area contributed by atoms with Crippen LogP contribution in [0.5, 0.6) is 0 Å². The summed E-state index contributed by atoms with van der Waals surface area (Å²) in [5.41, 5.74) is 0. The summed E-state index contributed by atoms with van der Waals surface area (Å²) in [6.45, 7) is 4.71. The van der Waals surface area contributed by atoms with Gasteiger partial charge in [0.1, 0.15) is 0 Å². The maximum Gasteiger partial charge on any atom is 0.225 e. The molecule has 2 amide bonds. The predicted molar refractivity (Wildman–Crippen MR) is 91.4 cm³/mol. The highest BCUT2D eigenvalue weighted by Crippen LogP contribution is 2.32. The number of carbonyl (C=O) groups excluding carboxylic acids is 2. The van der Waals surface area contributed by atoms with Crippen molar-refractivity contribution in [2.75, 3.05) is 33.2 Å². The van der Waals surface area contributed by atoms with Gasteiger partial charge in [0.25, 0.3) is 0 Å². The molecule has 24 heavy (non-hydrogen) atoms. The molecule has 6 nitrogen and oxygen atoms in total. The standard InChI is InChI=1S/C18H31N3O3/c1-13(22)20-9-11-21(12-10-20)16-8-4-7-15(17(16)23)19(2)18(24)14-5-3-6-14/h14-17,23H,3-12H2,1-2H3/t15-,16-,17-/m1/s1. The van der Waals surface area contributed by atoms with Crippen molar-refractivity contribution in [3.63, 3.8) is 0 Å². The minimum absolute atomic E-state index is 0.0670. The summed E-state index contributed by atoms with van der Waals surface area (Å²) in [7, 11) is 1.87. The third-order valence-corrected chi connectivity index (χ3v) is 6.32. The van der Waals surface area contributed by atoms with Gasteiger partial charge in [0.05, 0.1) is 12.1 Å². The Kier molecular flexibility index (Phi) is 5.45. The first-order valence-electron chi connectivity index (χ1n) is 9.43. The van der Waals surface area contributed by atoms with E-state index in [2.05, 4.69) is 4.90 Å². The molecule has 0 spiro atoms. The van der Waals surface area contributed by atoms with Gasteiger partial charge in [0, 0.05) is 52.1 Å². The molecule has 3 fully saturated rings. The summed E-state index contributed by atoms with van der Waals surface area (Å²) >= 11 is 0. The molecule has 3 aliphatic rings. The molecule has 2 aliphatic carbocycles. The zero-order valence-electron chi connectivity index (χ0n) is 15.0. The number of carbonyl (C=O) groups is 2. The van der Waals surface area contributed by atoms with E-state index in [1.165, 1.54) is 0 Å². The Balaban J connectivity index is 1.59. The SMILES string of the molecule is CC(=O)N1CCN([C@@H]2CCC[C@@H](N(C)C(=O)C3CCC3)[C@H]2O)CC1. The van der Waals surface area contributed by atoms with Crippen LogP contribution in [0.15, 0.2) is 0 Å². The van der Waals surface area contributed by atoms with Crippen LogP contribution in [-0.4, -0.2) is 83.0 Å². The lowest BCUT2D eigenvalue weighted by Gasteiger charge is -2.47. The minimum atomic E-state index is -0.489. The van der Waals surface area contributed by atoms with E-state index >= 15 is 0 Å². The van der Waals surface area contributed by atoms with Crippen molar-refractivity contribution in [3.8, 4) is 0 Å². The zero-order chi connectivity index (χ0) is 17.3. The molecule has 3 atom stereocenters. The molecule has 3 rings (SSSR count). The van der Waals surface area contributed by atoms with Gasteiger partial charge in [0.2, 0.25) is 11.8 Å². The van der Waals surface area contributed by atoms with E-state index < -0.39 is 6.10 Å². The summed E-state index contributed by atoms with van der Waals surface area (Å²) in [6, 6.07) is 0.0391. The lowest BCUT2D eigenvalue weighted by atomic mass is 9.82. The topological polar surface area (TPSA) is 64.1 Å². The molecular weight excluding hydrogens is 306 g/mol. The van der Waals surface area contributed by atoms with E-state index in [0.29, 0.717) is 0 Å². The molecule has 0 bridgehead atoms. The second kappa shape index (κ2) is 7.40. The van der Waals surface area contributed by atoms with Crippen LogP contribution in [0, 0.1) is 5.92 Å². The summed E-state index contributed by atoms with van der Waals surface area (Å²) in [4.78, 5) is 30.0. The number of aliphatic hydroxyl groups excluding tert-OH is 1. The normalized spacial score (nSPS) is 32.3. The molecule has 136 valence electrons. The Morgan fingerprint density at radius 2 is 1.62 bits per heavy atom. The highest BCUT2D eigenvalue weighted by atomic mass is 16.3. The lowest BCUT2D eigenvalue weighted by molar-refractivity contribution is -0.145. The first-order valence-corrected chi connectivity index (χ1v) is 9.43. The second-order valence-corrected chi connectivity index (χ2v) is 7.68. The fraction of sp³-hybridized carbons (Fsp3) is 0.889. The summed E-state index contributed by atoms with van der Waals surface area (Å²) in [6.07, 6.45) is 5.58. The van der Waals surface area contributed by atoms with Crippen LogP contribution in [0.2, 0.25) is 0 Å². The van der Waals surface area contributed by atoms with E-state index in [0.717, 1.165) is 64.7 Å². The van der Waals surface area contributed by atoms with E-state index in [1.54, 1.807) is 6.92 Å². The van der Waals surface area contributed by atoms with Crippen LogP contribution < -0.4 is 0 Å². The molecule has 0 aromatic carbocycles. The molecular formula is C18H31N3O3. The molecule has 1 saturated heterocycles. The van der Waals surface area contributed by atoms with E-state index in [4.69, 9.17) is 0 Å². The first kappa shape index (κ1) is 17.7. The van der Waals surface area contributed by atoms with Gasteiger partial charge in [-0.05, 0) is 32.1 Å². The number of hydrogen-bond acceptors (Lipinski definition) is 4. The van der Waals surface area contributed by atoms with Gasteiger partial charge >= 0.3 is 0 Å². The largest absolute Gasteiger partial charge is 0.389 e. The molecule has 1 heterocycles. The van der Waals surface area contributed by atoms with E-state index in [9.17, 15) is 14.7 Å². The number of aliphatic hydroxyl groups is 1. The number of amides is 2. The quantitative estimate of drug-likeness (QED) is 0.823. The van der Waals surface area contributed by atoms with Crippen LogP contribution in [-0.2, 0) is 9.59 Å². The Bertz CT molecular complexity index is 472. The van der Waals surface area contributed by atoms with Gasteiger partial charge in [-0.1, -0.05) is 6.42 Å². The average molecular weight is 337 g/mol. The lowest BCUT2D eigenvalue weighted by Crippen LogP contribution is -2.61. The van der Waals surface area contributed by atoms with Crippen LogP contribution in [0.3, 0.4) is 0 Å². The molecule has 1 aliphatic heterocycles. The van der Waals surface area contributed by atoms with Crippen LogP contribution >= 0.6 is 0 Å². The van der Waals surface area contributed by atoms with Crippen molar-refractivity contribution in [3.05, 3.63) is 0 Å². The molecule has 0 aromatic rings. The van der Waals surface area contributed by atoms with Crippen molar-refractivity contribution in [1.82, 2.24) is 14.7 Å². The molecule has 0 radical (unpaired) electrons. The van der Waals surface area contributed by atoms with Crippen molar-refractivity contribution in [1.29, 1.82) is 0 Å². The third kappa shape index (κ3) is 3.45. The molecule has 2 saturated carbocycles. The monoisotopic (exact) mass is 337 g/mol. The van der Waals surface area contributed by atoms with Gasteiger partial charge < -0.3 is 14.9 Å². The number of rotatable bonds is 3. The first-order chi connectivity index (χ1) is 11.5. The maximum atomic E-state index is 12.5. The van der Waals surface area contributed by atoms with Crippen LogP contribution in [0.25, 0.3) is 0 Å². The van der Waals surface area contributed by atoms with Crippen LogP contribution in [0.4, 0.5) is 0 Å². The Morgan fingerprint density at radius 3 is 2.17 bits per heavy atom. The minimum Gasteiger partial charge on any atom is -0.389 e. The van der Waals surface area contributed by atoms with Gasteiger partial charge in [-0.15, -0.1) is 0 Å². The maximum absolute atomic E-state index is 12.5. The van der Waals surface area contributed by atoms with Gasteiger partial charge in [-0.25, -0.2) is 0 Å². The number of likely N-dealkylation sites (N-methyl/N-ethyl adjacent to an activating group) is 1. The summed E-state index contributed by atoms with van der Waals surface area (Å²) < 4.78 is 0. The Labute approximate surface area is 144 Å². The summed E-state index contributed by atoms with van der Waals surface area (Å²) in [5.74, 6) is 0.525. The highest BCUT2D eigenvalue weighted by molar-refractivity contribution is 5.79. The third-order valence-electron chi connectivity index (χ3n) is 6.32. The second-order valence-electron chi connectivity index (χ2n) is 7.68. The van der Waals surface area contributed by atoms with Crippen molar-refractivity contribution < 1.29 is 14.7 Å². The fourth-order valence-electron chi connectivity index (χ4n) is 4.43. The number of hydrogen-bond donors (Lipinski definition) is 1. The van der Waals surface area contributed by atoms with Gasteiger partial charge in [0.15, 0.2) is 0 Å². The van der Waals surface area contributed by atoms with E-state index in [-0.39, 0.29) is 29.8 Å². The Morgan fingerprint density at radius 1 is 1.00 bits per heavy atom. The molecule has 0 unspecified atom stereocenters. The fourth-order valence-corrected chi connectivity index (χ4v) is 4.43.